The number of ether oxygens (including phenoxy) is 1. The van der Waals surface area contributed by atoms with Crippen LogP contribution in [-0.2, 0) is 9.59 Å². The normalized spacial score (nSPS) is 33.7. The van der Waals surface area contributed by atoms with E-state index in [4.69, 9.17) is 16.3 Å². The molecule has 0 radical (unpaired) electrons. The molecule has 2 bridgehead atoms. The molecule has 5 aliphatic rings. The van der Waals surface area contributed by atoms with E-state index in [2.05, 4.69) is 26.2 Å². The molecule has 8 nitrogen and oxygen atoms in total. The van der Waals surface area contributed by atoms with Gasteiger partial charge in [0.25, 0.3) is 5.91 Å². The molecule has 2 amide bonds. The average molecular weight is 466 g/mol. The lowest BCUT2D eigenvalue weighted by atomic mass is 9.60. The second-order valence-corrected chi connectivity index (χ2v) is 9.71. The number of nitrogens with zero attached hydrogens (tertiary/aromatic N) is 1. The number of halogens is 2. The molecule has 1 aromatic rings. The number of rotatable bonds is 6. The van der Waals surface area contributed by atoms with Crippen molar-refractivity contribution in [3.8, 4) is 5.75 Å². The van der Waals surface area contributed by atoms with Crippen molar-refractivity contribution in [3.05, 3.63) is 29.0 Å². The van der Waals surface area contributed by atoms with Crippen LogP contribution in [0.5, 0.6) is 5.75 Å². The Morgan fingerprint density at radius 2 is 1.97 bits per heavy atom. The number of carbonyl (C=O) groups is 2. The fourth-order valence-corrected chi connectivity index (χ4v) is 5.52. The summed E-state index contributed by atoms with van der Waals surface area (Å²) in [5, 5.41) is 13.1. The van der Waals surface area contributed by atoms with Crippen LogP contribution in [-0.4, -0.2) is 67.4 Å². The van der Waals surface area contributed by atoms with Gasteiger partial charge < -0.3 is 15.4 Å². The third kappa shape index (κ3) is 4.57. The van der Waals surface area contributed by atoms with Gasteiger partial charge in [-0.2, -0.15) is 0 Å². The molecular weight excluding hydrogens is 437 g/mol. The van der Waals surface area contributed by atoms with Gasteiger partial charge in [0.1, 0.15) is 23.9 Å². The van der Waals surface area contributed by atoms with Gasteiger partial charge in [0.05, 0.1) is 5.02 Å². The molecule has 2 aliphatic heterocycles. The molecule has 5 fully saturated rings. The molecule has 6 rings (SSSR count). The first-order chi connectivity index (χ1) is 15.5. The van der Waals surface area contributed by atoms with Gasteiger partial charge in [0.2, 0.25) is 5.91 Å². The molecule has 3 saturated carbocycles. The summed E-state index contributed by atoms with van der Waals surface area (Å²) in [6.07, 6.45) is 3.92. The summed E-state index contributed by atoms with van der Waals surface area (Å²) in [7, 11) is 0. The smallest absolute Gasteiger partial charge is 0.258 e. The van der Waals surface area contributed by atoms with Crippen molar-refractivity contribution in [3.63, 3.8) is 0 Å². The van der Waals surface area contributed by atoms with Crippen LogP contribution in [0.25, 0.3) is 0 Å². The van der Waals surface area contributed by atoms with E-state index in [1.165, 1.54) is 12.1 Å². The second kappa shape index (κ2) is 9.13. The summed E-state index contributed by atoms with van der Waals surface area (Å²) in [6.45, 7) is 2.49. The van der Waals surface area contributed by atoms with E-state index >= 15 is 0 Å². The van der Waals surface area contributed by atoms with Crippen LogP contribution in [0, 0.1) is 17.7 Å². The standard InChI is InChI=1S/C22H29ClFN5O3/c23-15-3-2-14(8-16(15)24)32-11-20(30)26-17-9-18(13-6-12(17)7-13)27-21(31)19-10-29-5-1-4-25-22(29)28-19/h2-3,8,12-13,17-19,22,25,28H,1,4-7,9-11H2,(H,26,30)(H,27,31). The Balaban J connectivity index is 1.10. The maximum atomic E-state index is 13.5. The van der Waals surface area contributed by atoms with Crippen molar-refractivity contribution in [1.82, 2.24) is 26.2 Å². The highest BCUT2D eigenvalue weighted by molar-refractivity contribution is 6.30. The Bertz CT molecular complexity index is 869. The van der Waals surface area contributed by atoms with E-state index in [-0.39, 0.29) is 53.6 Å². The van der Waals surface area contributed by atoms with Gasteiger partial charge in [-0.15, -0.1) is 0 Å². The zero-order chi connectivity index (χ0) is 22.2. The Hall–Kier alpha value is -1.94. The van der Waals surface area contributed by atoms with E-state index in [1.807, 2.05) is 0 Å². The van der Waals surface area contributed by atoms with Crippen molar-refractivity contribution in [1.29, 1.82) is 0 Å². The van der Waals surface area contributed by atoms with Gasteiger partial charge >= 0.3 is 0 Å². The molecule has 32 heavy (non-hydrogen) atoms. The van der Waals surface area contributed by atoms with Crippen LogP contribution in [0.4, 0.5) is 4.39 Å². The van der Waals surface area contributed by atoms with Gasteiger partial charge in [0.15, 0.2) is 6.61 Å². The number of hydrogen-bond donors (Lipinski definition) is 4. The van der Waals surface area contributed by atoms with Gasteiger partial charge in [-0.1, -0.05) is 11.6 Å². The molecule has 10 heteroatoms. The van der Waals surface area contributed by atoms with Crippen molar-refractivity contribution in [2.24, 2.45) is 11.8 Å². The van der Waals surface area contributed by atoms with E-state index in [1.54, 1.807) is 0 Å². The van der Waals surface area contributed by atoms with Crippen LogP contribution >= 0.6 is 11.6 Å². The highest BCUT2D eigenvalue weighted by Crippen LogP contribution is 2.45. The van der Waals surface area contributed by atoms with E-state index in [0.29, 0.717) is 18.4 Å². The SMILES string of the molecule is O=C(COc1ccc(Cl)c(F)c1)NC1CC(NC(=O)C2CN3CCCNC3N2)C2CC1C2. The zero-order valence-electron chi connectivity index (χ0n) is 17.8. The monoisotopic (exact) mass is 465 g/mol. The minimum absolute atomic E-state index is 0.00730. The summed E-state index contributed by atoms with van der Waals surface area (Å²) in [5.41, 5.74) is 0. The van der Waals surface area contributed by atoms with Crippen LogP contribution in [0.15, 0.2) is 18.2 Å². The van der Waals surface area contributed by atoms with Crippen LogP contribution in [0.1, 0.15) is 25.7 Å². The van der Waals surface area contributed by atoms with Gasteiger partial charge in [-0.3, -0.25) is 25.1 Å². The molecule has 1 aromatic carbocycles. The number of nitrogens with one attached hydrogen (secondary N) is 4. The van der Waals surface area contributed by atoms with Crippen LogP contribution in [0.2, 0.25) is 5.02 Å². The Morgan fingerprint density at radius 3 is 2.72 bits per heavy atom. The molecule has 4 N–H and O–H groups in total. The van der Waals surface area contributed by atoms with Crippen molar-refractivity contribution < 1.29 is 18.7 Å². The summed E-state index contributed by atoms with van der Waals surface area (Å²) in [4.78, 5) is 27.6. The molecular formula is C22H29ClFN5O3. The minimum atomic E-state index is -0.584. The maximum absolute atomic E-state index is 13.5. The van der Waals surface area contributed by atoms with Crippen molar-refractivity contribution in [2.45, 2.75) is 50.1 Å². The molecule has 0 spiro atoms. The number of hydrogen-bond acceptors (Lipinski definition) is 6. The number of fused-ring (bicyclic) bond motifs is 3. The van der Waals surface area contributed by atoms with Gasteiger partial charge in [-0.25, -0.2) is 4.39 Å². The molecule has 4 atom stereocenters. The largest absolute Gasteiger partial charge is 0.484 e. The average Bonchev–Trinajstić information content (AvgIpc) is 3.18. The van der Waals surface area contributed by atoms with Crippen molar-refractivity contribution >= 4 is 23.4 Å². The van der Waals surface area contributed by atoms with E-state index in [0.717, 1.165) is 44.8 Å². The fraction of sp³-hybridized carbons (Fsp3) is 0.636. The maximum Gasteiger partial charge on any atom is 0.258 e. The zero-order valence-corrected chi connectivity index (χ0v) is 18.5. The summed E-state index contributed by atoms with van der Waals surface area (Å²) >= 11 is 5.67. The summed E-state index contributed by atoms with van der Waals surface area (Å²) < 4.78 is 18.9. The second-order valence-electron chi connectivity index (χ2n) is 9.31. The first-order valence-electron chi connectivity index (χ1n) is 11.4. The third-order valence-corrected chi connectivity index (χ3v) is 7.52. The predicted molar refractivity (Wildman–Crippen MR) is 117 cm³/mol. The molecule has 4 unspecified atom stereocenters. The molecule has 0 aromatic heterocycles. The Labute approximate surface area is 191 Å². The molecule has 3 aliphatic carbocycles. The molecule has 174 valence electrons. The van der Waals surface area contributed by atoms with Crippen LogP contribution < -0.4 is 26.0 Å². The van der Waals surface area contributed by atoms with Crippen LogP contribution in [0.3, 0.4) is 0 Å². The van der Waals surface area contributed by atoms with Gasteiger partial charge in [-0.05, 0) is 56.2 Å². The quantitative estimate of drug-likeness (QED) is 0.496. The third-order valence-electron chi connectivity index (χ3n) is 7.21. The molecule has 2 saturated heterocycles. The number of amides is 2. The fourth-order valence-electron chi connectivity index (χ4n) is 5.40. The highest BCUT2D eigenvalue weighted by atomic mass is 35.5. The lowest BCUT2D eigenvalue weighted by molar-refractivity contribution is -0.127. The Morgan fingerprint density at radius 1 is 1.19 bits per heavy atom. The van der Waals surface area contributed by atoms with Gasteiger partial charge in [0, 0.05) is 31.2 Å². The van der Waals surface area contributed by atoms with E-state index < -0.39 is 5.82 Å². The predicted octanol–water partition coefficient (Wildman–Crippen LogP) is 0.808. The first-order valence-corrected chi connectivity index (χ1v) is 11.7. The summed E-state index contributed by atoms with van der Waals surface area (Å²) in [6, 6.07) is 3.95. The summed E-state index contributed by atoms with van der Waals surface area (Å²) in [5.74, 6) is 0.380. The number of carbonyl (C=O) groups excluding carboxylic acids is 2. The van der Waals surface area contributed by atoms with E-state index in [9.17, 15) is 14.0 Å². The lowest BCUT2D eigenvalue weighted by Crippen LogP contribution is -2.61. The number of benzene rings is 1. The highest BCUT2D eigenvalue weighted by Gasteiger charge is 2.47. The van der Waals surface area contributed by atoms with Crippen molar-refractivity contribution in [2.75, 3.05) is 26.2 Å². The Kier molecular flexibility index (Phi) is 6.24. The lowest BCUT2D eigenvalue weighted by Gasteiger charge is -2.51. The first kappa shape index (κ1) is 21.9. The minimum Gasteiger partial charge on any atom is -0.484 e. The topological polar surface area (TPSA) is 94.7 Å². The molecule has 2 heterocycles.